The maximum atomic E-state index is 12.9. The van der Waals surface area contributed by atoms with Crippen molar-refractivity contribution in [1.82, 2.24) is 0 Å². The normalized spacial score (nSPS) is 44.2. The van der Waals surface area contributed by atoms with E-state index in [0.717, 1.165) is 19.3 Å². The third-order valence-corrected chi connectivity index (χ3v) is 5.17. The summed E-state index contributed by atoms with van der Waals surface area (Å²) in [6.45, 7) is 3.45. The Labute approximate surface area is 110 Å². The summed E-state index contributed by atoms with van der Waals surface area (Å²) in [7, 11) is 0. The van der Waals surface area contributed by atoms with Gasteiger partial charge in [0.15, 0.2) is 0 Å². The van der Waals surface area contributed by atoms with Gasteiger partial charge in [0.2, 0.25) is 5.78 Å². The number of halogens is 3. The molecule has 0 saturated heterocycles. The van der Waals surface area contributed by atoms with Crippen LogP contribution in [-0.4, -0.2) is 18.1 Å². The molecule has 0 aliphatic heterocycles. The largest absolute Gasteiger partial charge is 0.497 e. The molecule has 0 aromatic heterocycles. The van der Waals surface area contributed by atoms with Crippen LogP contribution in [0.3, 0.4) is 0 Å². The van der Waals surface area contributed by atoms with Crippen LogP contribution in [0.1, 0.15) is 32.1 Å². The van der Waals surface area contributed by atoms with Crippen LogP contribution in [0.25, 0.3) is 0 Å². The standard InChI is InChI=1S/C14H17F3O2/c1-2-19-11-10-4-8-3-9(5-10)7-13(11,6-8)12(18)14(15,16)17/h2,8-11H,1,3-7H2. The molecule has 4 bridgehead atoms. The summed E-state index contributed by atoms with van der Waals surface area (Å²) in [6, 6.07) is 0. The third kappa shape index (κ3) is 1.81. The van der Waals surface area contributed by atoms with Crippen LogP contribution in [0.4, 0.5) is 13.2 Å². The highest BCUT2D eigenvalue weighted by Gasteiger charge is 2.66. The van der Waals surface area contributed by atoms with Crippen LogP contribution < -0.4 is 0 Å². The second-order valence-corrected chi connectivity index (χ2v) is 6.31. The fourth-order valence-electron chi connectivity index (χ4n) is 4.94. The van der Waals surface area contributed by atoms with Gasteiger partial charge >= 0.3 is 6.18 Å². The van der Waals surface area contributed by atoms with Crippen molar-refractivity contribution in [2.24, 2.45) is 23.2 Å². The number of alkyl halides is 3. The van der Waals surface area contributed by atoms with Gasteiger partial charge < -0.3 is 4.74 Å². The van der Waals surface area contributed by atoms with Crippen LogP contribution in [0, 0.1) is 23.2 Å². The zero-order valence-corrected chi connectivity index (χ0v) is 10.6. The number of rotatable bonds is 3. The SMILES string of the molecule is C=COC1C2CC3CC(C2)CC1(C(=O)C(F)(F)F)C3. The monoisotopic (exact) mass is 274 g/mol. The minimum atomic E-state index is -4.77. The lowest BCUT2D eigenvalue weighted by molar-refractivity contribution is -0.214. The Hall–Kier alpha value is -1.00. The molecule has 5 heteroatoms. The Kier molecular flexibility index (Phi) is 2.74. The molecule has 0 aromatic carbocycles. The molecular formula is C14H17F3O2. The Balaban J connectivity index is 2.00. The summed E-state index contributed by atoms with van der Waals surface area (Å²) in [5, 5.41) is 0. The van der Waals surface area contributed by atoms with Gasteiger partial charge in [-0.3, -0.25) is 4.79 Å². The molecule has 2 nitrogen and oxygen atoms in total. The summed E-state index contributed by atoms with van der Waals surface area (Å²) in [4.78, 5) is 12.0. The van der Waals surface area contributed by atoms with Crippen molar-refractivity contribution < 1.29 is 22.7 Å². The topological polar surface area (TPSA) is 26.3 Å². The van der Waals surface area contributed by atoms with E-state index < -0.39 is 23.5 Å². The molecular weight excluding hydrogens is 257 g/mol. The quantitative estimate of drug-likeness (QED) is 0.737. The van der Waals surface area contributed by atoms with E-state index in [1.807, 2.05) is 0 Å². The first-order valence-corrected chi connectivity index (χ1v) is 6.75. The number of hydrogen-bond acceptors (Lipinski definition) is 2. The van der Waals surface area contributed by atoms with Gasteiger partial charge in [0.1, 0.15) is 6.10 Å². The zero-order valence-electron chi connectivity index (χ0n) is 10.6. The van der Waals surface area contributed by atoms with E-state index in [2.05, 4.69) is 6.58 Å². The molecule has 3 atom stereocenters. The first kappa shape index (κ1) is 13.0. The van der Waals surface area contributed by atoms with Crippen molar-refractivity contribution in [3.8, 4) is 0 Å². The number of ether oxygens (including phenoxy) is 1. The molecule has 4 aliphatic rings. The summed E-state index contributed by atoms with van der Waals surface area (Å²) in [5.41, 5.74) is -1.35. The molecule has 19 heavy (non-hydrogen) atoms. The average Bonchev–Trinajstić information content (AvgIpc) is 2.31. The van der Waals surface area contributed by atoms with Gasteiger partial charge in [0.25, 0.3) is 0 Å². The van der Waals surface area contributed by atoms with Crippen LogP contribution in [0.2, 0.25) is 0 Å². The van der Waals surface area contributed by atoms with E-state index in [9.17, 15) is 18.0 Å². The minimum absolute atomic E-state index is 0.0792. The van der Waals surface area contributed by atoms with Crippen LogP contribution in [0.15, 0.2) is 12.8 Å². The fourth-order valence-corrected chi connectivity index (χ4v) is 4.94. The van der Waals surface area contributed by atoms with Crippen molar-refractivity contribution in [3.05, 3.63) is 12.8 Å². The molecule has 0 amide bonds. The van der Waals surface area contributed by atoms with E-state index in [0.29, 0.717) is 12.8 Å². The van der Waals surface area contributed by atoms with Gasteiger partial charge in [-0.25, -0.2) is 0 Å². The predicted molar refractivity (Wildman–Crippen MR) is 62.1 cm³/mol. The summed E-state index contributed by atoms with van der Waals surface area (Å²) >= 11 is 0. The minimum Gasteiger partial charge on any atom is -0.497 e. The van der Waals surface area contributed by atoms with Crippen molar-refractivity contribution >= 4 is 5.78 Å². The highest BCUT2D eigenvalue weighted by atomic mass is 19.4. The van der Waals surface area contributed by atoms with Gasteiger partial charge in [-0.1, -0.05) is 6.58 Å². The smallest absolute Gasteiger partial charge is 0.450 e. The van der Waals surface area contributed by atoms with Gasteiger partial charge in [-0.15, -0.1) is 0 Å². The first-order chi connectivity index (χ1) is 8.87. The van der Waals surface area contributed by atoms with Crippen molar-refractivity contribution in [2.75, 3.05) is 0 Å². The second-order valence-electron chi connectivity index (χ2n) is 6.31. The predicted octanol–water partition coefficient (Wildman–Crippen LogP) is 3.47. The molecule has 0 N–H and O–H groups in total. The lowest BCUT2D eigenvalue weighted by Gasteiger charge is -2.59. The maximum Gasteiger partial charge on any atom is 0.450 e. The molecule has 4 fully saturated rings. The molecule has 4 rings (SSSR count). The highest BCUT2D eigenvalue weighted by molar-refractivity contribution is 5.91. The van der Waals surface area contributed by atoms with Crippen molar-refractivity contribution in [1.29, 1.82) is 0 Å². The van der Waals surface area contributed by atoms with Gasteiger partial charge in [0.05, 0.1) is 11.7 Å². The Morgan fingerprint density at radius 3 is 2.26 bits per heavy atom. The van der Waals surface area contributed by atoms with Crippen molar-refractivity contribution in [3.63, 3.8) is 0 Å². The number of Topliss-reactive ketones (excluding diaryl/α,β-unsaturated/α-hetero) is 1. The molecule has 0 spiro atoms. The number of hydrogen-bond donors (Lipinski definition) is 0. The van der Waals surface area contributed by atoms with E-state index in [1.165, 1.54) is 6.26 Å². The Bertz CT molecular complexity index is 401. The van der Waals surface area contributed by atoms with Crippen LogP contribution >= 0.6 is 0 Å². The number of carbonyl (C=O) groups excluding carboxylic acids is 1. The van der Waals surface area contributed by atoms with Gasteiger partial charge in [-0.2, -0.15) is 13.2 Å². The summed E-state index contributed by atoms with van der Waals surface area (Å²) in [5.74, 6) is -0.983. The Morgan fingerprint density at radius 2 is 1.79 bits per heavy atom. The average molecular weight is 274 g/mol. The highest BCUT2D eigenvalue weighted by Crippen LogP contribution is 2.62. The number of ketones is 1. The lowest BCUT2D eigenvalue weighted by atomic mass is 9.47. The van der Waals surface area contributed by atoms with E-state index >= 15 is 0 Å². The molecule has 106 valence electrons. The molecule has 0 radical (unpaired) electrons. The second kappa shape index (κ2) is 4.00. The first-order valence-electron chi connectivity index (χ1n) is 6.75. The van der Waals surface area contributed by atoms with Gasteiger partial charge in [0, 0.05) is 0 Å². The molecule has 3 unspecified atom stereocenters. The van der Waals surface area contributed by atoms with Crippen molar-refractivity contribution in [2.45, 2.75) is 44.4 Å². The van der Waals surface area contributed by atoms with Gasteiger partial charge in [-0.05, 0) is 49.9 Å². The molecule has 4 aliphatic carbocycles. The zero-order chi connectivity index (χ0) is 13.8. The van der Waals surface area contributed by atoms with E-state index in [-0.39, 0.29) is 17.8 Å². The third-order valence-electron chi connectivity index (χ3n) is 5.17. The molecule has 0 heterocycles. The summed E-state index contributed by atoms with van der Waals surface area (Å²) < 4.78 is 44.2. The van der Waals surface area contributed by atoms with Crippen LogP contribution in [0.5, 0.6) is 0 Å². The fraction of sp³-hybridized carbons (Fsp3) is 0.786. The number of carbonyl (C=O) groups is 1. The van der Waals surface area contributed by atoms with E-state index in [4.69, 9.17) is 4.74 Å². The van der Waals surface area contributed by atoms with Crippen LogP contribution in [-0.2, 0) is 9.53 Å². The Morgan fingerprint density at radius 1 is 1.21 bits per heavy atom. The maximum absolute atomic E-state index is 12.9. The molecule has 4 saturated carbocycles. The molecule has 0 aromatic rings. The van der Waals surface area contributed by atoms with E-state index in [1.54, 1.807) is 0 Å². The summed E-state index contributed by atoms with van der Waals surface area (Å²) in [6.07, 6.45) is -0.791. The lowest BCUT2D eigenvalue weighted by Crippen LogP contribution is -2.62.